The van der Waals surface area contributed by atoms with E-state index in [9.17, 15) is 14.7 Å². The summed E-state index contributed by atoms with van der Waals surface area (Å²) >= 11 is 0. The molecule has 0 aromatic heterocycles. The van der Waals surface area contributed by atoms with Crippen LogP contribution in [-0.2, 0) is 9.59 Å². The molecule has 0 radical (unpaired) electrons. The van der Waals surface area contributed by atoms with Gasteiger partial charge in [0.15, 0.2) is 11.6 Å². The Hall–Kier alpha value is -1.52. The standard InChI is InChI=1S/C15H20O4/c1-9(2)5-4-6-11-10(3)14(18)12(7-16)13(8-17)15(11)19/h5,16-17H,4,6-8H2,1-3H3. The molecular weight excluding hydrogens is 244 g/mol. The molecule has 0 fully saturated rings. The molecule has 1 aliphatic rings. The van der Waals surface area contributed by atoms with Crippen molar-refractivity contribution in [2.24, 2.45) is 0 Å². The van der Waals surface area contributed by atoms with Crippen molar-refractivity contribution in [3.63, 3.8) is 0 Å². The molecule has 0 saturated carbocycles. The molecule has 0 unspecified atom stereocenters. The Morgan fingerprint density at radius 2 is 1.53 bits per heavy atom. The number of aliphatic hydroxyl groups is 2. The molecule has 0 amide bonds. The zero-order chi connectivity index (χ0) is 14.6. The van der Waals surface area contributed by atoms with Gasteiger partial charge >= 0.3 is 0 Å². The lowest BCUT2D eigenvalue weighted by Crippen LogP contribution is -2.26. The van der Waals surface area contributed by atoms with Gasteiger partial charge in [0, 0.05) is 22.3 Å². The molecule has 1 aliphatic carbocycles. The summed E-state index contributed by atoms with van der Waals surface area (Å²) < 4.78 is 0. The number of ketones is 2. The molecule has 0 aromatic rings. The van der Waals surface area contributed by atoms with Crippen LogP contribution in [0.25, 0.3) is 0 Å². The molecule has 104 valence electrons. The van der Waals surface area contributed by atoms with Crippen LogP contribution in [0.3, 0.4) is 0 Å². The Morgan fingerprint density at radius 3 is 2.00 bits per heavy atom. The molecule has 19 heavy (non-hydrogen) atoms. The fourth-order valence-corrected chi connectivity index (χ4v) is 2.13. The molecule has 4 heteroatoms. The predicted octanol–water partition coefficient (Wildman–Crippen LogP) is 1.48. The molecule has 2 N–H and O–H groups in total. The number of Topliss-reactive ketones (excluding diaryl/α,β-unsaturated/α-hetero) is 2. The zero-order valence-electron chi connectivity index (χ0n) is 11.6. The number of carbonyl (C=O) groups is 2. The van der Waals surface area contributed by atoms with Crippen LogP contribution in [0.5, 0.6) is 0 Å². The Balaban J connectivity index is 3.06. The maximum Gasteiger partial charge on any atom is 0.188 e. The van der Waals surface area contributed by atoms with Crippen molar-refractivity contribution in [2.75, 3.05) is 13.2 Å². The number of allylic oxidation sites excluding steroid dienone is 4. The van der Waals surface area contributed by atoms with Crippen molar-refractivity contribution in [3.8, 4) is 0 Å². The van der Waals surface area contributed by atoms with E-state index in [4.69, 9.17) is 5.11 Å². The lowest BCUT2D eigenvalue weighted by Gasteiger charge is -2.20. The van der Waals surface area contributed by atoms with E-state index in [0.717, 1.165) is 5.57 Å². The topological polar surface area (TPSA) is 74.6 Å². The van der Waals surface area contributed by atoms with Crippen molar-refractivity contribution >= 4 is 11.6 Å². The first-order valence-corrected chi connectivity index (χ1v) is 6.30. The largest absolute Gasteiger partial charge is 0.392 e. The molecule has 0 bridgehead atoms. The maximum atomic E-state index is 12.2. The molecule has 0 aliphatic heterocycles. The van der Waals surface area contributed by atoms with E-state index >= 15 is 0 Å². The van der Waals surface area contributed by atoms with E-state index in [0.29, 0.717) is 24.0 Å². The fourth-order valence-electron chi connectivity index (χ4n) is 2.13. The zero-order valence-corrected chi connectivity index (χ0v) is 11.6. The quantitative estimate of drug-likeness (QED) is 0.582. The number of carbonyl (C=O) groups excluding carboxylic acids is 2. The van der Waals surface area contributed by atoms with Crippen LogP contribution in [0.4, 0.5) is 0 Å². The van der Waals surface area contributed by atoms with Crippen molar-refractivity contribution in [1.82, 2.24) is 0 Å². The molecule has 0 spiro atoms. The Kier molecular flexibility index (Phi) is 5.39. The second-order valence-electron chi connectivity index (χ2n) is 4.86. The highest BCUT2D eigenvalue weighted by Gasteiger charge is 2.30. The van der Waals surface area contributed by atoms with Crippen molar-refractivity contribution in [3.05, 3.63) is 33.9 Å². The minimum atomic E-state index is -0.515. The molecule has 0 heterocycles. The van der Waals surface area contributed by atoms with Crippen LogP contribution in [0, 0.1) is 0 Å². The van der Waals surface area contributed by atoms with Gasteiger partial charge in [-0.3, -0.25) is 9.59 Å². The van der Waals surface area contributed by atoms with Crippen LogP contribution < -0.4 is 0 Å². The monoisotopic (exact) mass is 264 g/mol. The molecule has 0 aromatic carbocycles. The number of hydrogen-bond donors (Lipinski definition) is 2. The van der Waals surface area contributed by atoms with Crippen LogP contribution in [0.15, 0.2) is 33.9 Å². The van der Waals surface area contributed by atoms with E-state index < -0.39 is 13.2 Å². The van der Waals surface area contributed by atoms with Gasteiger partial charge in [-0.1, -0.05) is 11.6 Å². The highest BCUT2D eigenvalue weighted by Crippen LogP contribution is 2.27. The van der Waals surface area contributed by atoms with Gasteiger partial charge in [0.05, 0.1) is 13.2 Å². The Labute approximate surface area is 113 Å². The first kappa shape index (κ1) is 15.5. The Bertz CT molecular complexity index is 488. The van der Waals surface area contributed by atoms with Gasteiger partial charge in [0.2, 0.25) is 0 Å². The predicted molar refractivity (Wildman–Crippen MR) is 72.6 cm³/mol. The third-order valence-corrected chi connectivity index (χ3v) is 3.24. The Morgan fingerprint density at radius 1 is 1.00 bits per heavy atom. The van der Waals surface area contributed by atoms with Crippen LogP contribution in [0.1, 0.15) is 33.6 Å². The van der Waals surface area contributed by atoms with Gasteiger partial charge in [-0.05, 0) is 33.6 Å². The summed E-state index contributed by atoms with van der Waals surface area (Å²) in [6.07, 6.45) is 3.16. The third-order valence-electron chi connectivity index (χ3n) is 3.24. The summed E-state index contributed by atoms with van der Waals surface area (Å²) in [4.78, 5) is 24.2. The van der Waals surface area contributed by atoms with E-state index in [1.54, 1.807) is 6.92 Å². The first-order chi connectivity index (χ1) is 8.93. The maximum absolute atomic E-state index is 12.2. The van der Waals surface area contributed by atoms with Gasteiger partial charge < -0.3 is 10.2 Å². The van der Waals surface area contributed by atoms with Gasteiger partial charge in [0.25, 0.3) is 0 Å². The summed E-state index contributed by atoms with van der Waals surface area (Å²) in [5, 5.41) is 18.4. The van der Waals surface area contributed by atoms with Gasteiger partial charge in [-0.15, -0.1) is 0 Å². The second kappa shape index (κ2) is 6.59. The minimum Gasteiger partial charge on any atom is -0.392 e. The van der Waals surface area contributed by atoms with E-state index in [1.807, 2.05) is 19.9 Å². The lowest BCUT2D eigenvalue weighted by molar-refractivity contribution is -0.117. The summed E-state index contributed by atoms with van der Waals surface area (Å²) in [6.45, 7) is 4.51. The van der Waals surface area contributed by atoms with Crippen LogP contribution in [-0.4, -0.2) is 35.0 Å². The lowest BCUT2D eigenvalue weighted by atomic mass is 9.83. The fraction of sp³-hybridized carbons (Fsp3) is 0.467. The second-order valence-corrected chi connectivity index (χ2v) is 4.86. The summed E-state index contributed by atoms with van der Waals surface area (Å²) in [6, 6.07) is 0. The molecule has 4 nitrogen and oxygen atoms in total. The number of rotatable bonds is 5. The average Bonchev–Trinajstić information content (AvgIpc) is 2.37. The third kappa shape index (κ3) is 3.28. The van der Waals surface area contributed by atoms with E-state index in [1.165, 1.54) is 0 Å². The van der Waals surface area contributed by atoms with E-state index in [-0.39, 0.29) is 22.7 Å². The smallest absolute Gasteiger partial charge is 0.188 e. The van der Waals surface area contributed by atoms with E-state index in [2.05, 4.69) is 0 Å². The van der Waals surface area contributed by atoms with Crippen LogP contribution in [0.2, 0.25) is 0 Å². The molecule has 0 saturated heterocycles. The SMILES string of the molecule is CC(C)=CCCC1=C(C)C(=O)C(CO)=C(CO)C1=O. The van der Waals surface area contributed by atoms with Gasteiger partial charge in [-0.2, -0.15) is 0 Å². The van der Waals surface area contributed by atoms with Gasteiger partial charge in [-0.25, -0.2) is 0 Å². The normalized spacial score (nSPS) is 16.3. The van der Waals surface area contributed by atoms with Gasteiger partial charge in [0.1, 0.15) is 0 Å². The van der Waals surface area contributed by atoms with Crippen molar-refractivity contribution < 1.29 is 19.8 Å². The van der Waals surface area contributed by atoms with Crippen molar-refractivity contribution in [1.29, 1.82) is 0 Å². The highest BCUT2D eigenvalue weighted by molar-refractivity contribution is 6.25. The summed E-state index contributed by atoms with van der Waals surface area (Å²) in [7, 11) is 0. The van der Waals surface area contributed by atoms with Crippen molar-refractivity contribution in [2.45, 2.75) is 33.6 Å². The molecule has 1 rings (SSSR count). The molecule has 0 atom stereocenters. The number of aliphatic hydroxyl groups excluding tert-OH is 2. The minimum absolute atomic E-state index is 0.0240. The number of hydrogen-bond acceptors (Lipinski definition) is 4. The summed E-state index contributed by atoms with van der Waals surface area (Å²) in [5.74, 6) is -0.649. The highest BCUT2D eigenvalue weighted by atomic mass is 16.3. The summed E-state index contributed by atoms with van der Waals surface area (Å²) in [5.41, 5.74) is 2.04. The van der Waals surface area contributed by atoms with Crippen LogP contribution >= 0.6 is 0 Å². The molecular formula is C15H20O4. The first-order valence-electron chi connectivity index (χ1n) is 6.30. The average molecular weight is 264 g/mol.